The van der Waals surface area contributed by atoms with Crippen LogP contribution in [-0.2, 0) is 25.9 Å². The summed E-state index contributed by atoms with van der Waals surface area (Å²) in [6, 6.07) is 23.5. The van der Waals surface area contributed by atoms with Crippen molar-refractivity contribution in [2.75, 3.05) is 20.1 Å². The van der Waals surface area contributed by atoms with E-state index in [2.05, 4.69) is 40.9 Å². The highest BCUT2D eigenvalue weighted by Crippen LogP contribution is 2.37. The van der Waals surface area contributed by atoms with E-state index in [4.69, 9.17) is 9.97 Å². The summed E-state index contributed by atoms with van der Waals surface area (Å²) in [5, 5.41) is 4.92. The van der Waals surface area contributed by atoms with Gasteiger partial charge in [0.1, 0.15) is 23.3 Å². The van der Waals surface area contributed by atoms with Crippen molar-refractivity contribution in [3.63, 3.8) is 0 Å². The minimum Gasteiger partial charge on any atom is -0.311 e. The van der Waals surface area contributed by atoms with E-state index >= 15 is 0 Å². The maximum atomic E-state index is 13.4. The lowest BCUT2D eigenvalue weighted by Gasteiger charge is -2.35. The van der Waals surface area contributed by atoms with Crippen molar-refractivity contribution in [3.8, 4) is 23.7 Å². The average Bonchev–Trinajstić information content (AvgIpc) is 3.74. The number of likely N-dealkylation sites (tertiary alicyclic amines) is 1. The third kappa shape index (κ3) is 8.38. The minimum atomic E-state index is -0.304. The Morgan fingerprint density at radius 3 is 1.63 bits per heavy atom. The predicted molar refractivity (Wildman–Crippen MR) is 234 cm³/mol. The number of aryl methyl sites for hydroxylation is 2. The van der Waals surface area contributed by atoms with Crippen LogP contribution in [0.4, 0.5) is 8.78 Å². The molecule has 2 unspecified atom stereocenters. The molecule has 4 aromatic carbocycles. The summed E-state index contributed by atoms with van der Waals surface area (Å²) in [4.78, 5) is 38.4. The molecule has 8 nitrogen and oxygen atoms in total. The standard InChI is InChI=1S/C25H24FN3O.C24H22FN3O.ClH/c1-28-14-3-11-25(28)12-10-23-27-22-17-19(7-6-18-4-2-5-20(26)16-18)8-9-21(22)24(30)29(23)15-13-25;25-19-4-1-3-17(15-19)5-6-18-7-8-20-21(16-18)27-22-9-11-24(10-2-13-26-24)12-14-28(22)23(20)29;/h2,4-5,8-9,16-17H,3,10-15H2,1H3;1,3-4,7-8,15-16,26H,2,9-14H2;1H. The molecule has 2 spiro atoms. The van der Waals surface area contributed by atoms with E-state index in [0.717, 1.165) is 80.9 Å². The number of hydrogen-bond donors (Lipinski definition) is 1. The monoisotopic (exact) mass is 824 g/mol. The fraction of sp³-hybridized carbons (Fsp3) is 0.347. The van der Waals surface area contributed by atoms with Crippen LogP contribution < -0.4 is 16.4 Å². The van der Waals surface area contributed by atoms with Crippen molar-refractivity contribution in [1.82, 2.24) is 29.3 Å². The van der Waals surface area contributed by atoms with Crippen LogP contribution in [0.5, 0.6) is 0 Å². The molecule has 306 valence electrons. The van der Waals surface area contributed by atoms with Crippen LogP contribution >= 0.6 is 12.4 Å². The molecule has 0 radical (unpaired) electrons. The van der Waals surface area contributed by atoms with Gasteiger partial charge in [0.2, 0.25) is 0 Å². The Hall–Kier alpha value is -5.65. The molecule has 10 rings (SSSR count). The van der Waals surface area contributed by atoms with E-state index in [9.17, 15) is 18.4 Å². The summed E-state index contributed by atoms with van der Waals surface area (Å²) in [6.45, 7) is 3.63. The normalized spacial score (nSPS) is 20.7. The number of aromatic nitrogens is 4. The van der Waals surface area contributed by atoms with Gasteiger partial charge < -0.3 is 10.2 Å². The molecule has 0 saturated carbocycles. The topological polar surface area (TPSA) is 85.1 Å². The number of hydrogen-bond acceptors (Lipinski definition) is 6. The van der Waals surface area contributed by atoms with E-state index in [1.54, 1.807) is 24.3 Å². The van der Waals surface area contributed by atoms with Crippen LogP contribution in [0.2, 0.25) is 0 Å². The molecule has 6 heterocycles. The van der Waals surface area contributed by atoms with Gasteiger partial charge in [-0.3, -0.25) is 18.7 Å². The molecule has 2 fully saturated rings. The number of rotatable bonds is 0. The fourth-order valence-corrected chi connectivity index (χ4v) is 9.55. The summed E-state index contributed by atoms with van der Waals surface area (Å²) in [7, 11) is 2.21. The number of benzene rings is 4. The maximum Gasteiger partial charge on any atom is 0.261 e. The Morgan fingerprint density at radius 1 is 0.600 bits per heavy atom. The van der Waals surface area contributed by atoms with E-state index in [1.165, 1.54) is 49.9 Å². The molecule has 0 bridgehead atoms. The largest absolute Gasteiger partial charge is 0.311 e. The number of fused-ring (bicyclic) bond motifs is 4. The Labute approximate surface area is 354 Å². The zero-order chi connectivity index (χ0) is 40.6. The smallest absolute Gasteiger partial charge is 0.261 e. The van der Waals surface area contributed by atoms with Crippen LogP contribution in [0.3, 0.4) is 0 Å². The lowest BCUT2D eigenvalue weighted by atomic mass is 9.88. The first kappa shape index (κ1) is 41.1. The second-order valence-electron chi connectivity index (χ2n) is 16.5. The van der Waals surface area contributed by atoms with Crippen molar-refractivity contribution in [1.29, 1.82) is 0 Å². The Morgan fingerprint density at radius 2 is 1.13 bits per heavy atom. The Bertz CT molecular complexity index is 2860. The van der Waals surface area contributed by atoms with Crippen LogP contribution in [0.25, 0.3) is 21.8 Å². The number of halogens is 3. The zero-order valence-corrected chi connectivity index (χ0v) is 34.5. The third-order valence-electron chi connectivity index (χ3n) is 13.0. The highest BCUT2D eigenvalue weighted by molar-refractivity contribution is 5.85. The molecule has 60 heavy (non-hydrogen) atoms. The molecule has 0 amide bonds. The van der Waals surface area contributed by atoms with Gasteiger partial charge in [-0.1, -0.05) is 35.8 Å². The van der Waals surface area contributed by atoms with Crippen molar-refractivity contribution in [2.45, 2.75) is 88.4 Å². The summed E-state index contributed by atoms with van der Waals surface area (Å²) in [6.07, 6.45) is 10.5. The fourth-order valence-electron chi connectivity index (χ4n) is 9.55. The van der Waals surface area contributed by atoms with Crippen molar-refractivity contribution < 1.29 is 8.78 Å². The van der Waals surface area contributed by atoms with Gasteiger partial charge in [-0.05, 0) is 144 Å². The number of nitrogens with zero attached hydrogens (tertiary/aromatic N) is 5. The SMILES string of the molecule is CN1CCCC12CCc1nc3cc(C#Cc4cccc(F)c4)ccc3c(=O)n1CC2.Cl.O=c1c2ccc(C#Cc3cccc(F)c3)cc2nc2n1CCC1(CCCN1)CC2. The van der Waals surface area contributed by atoms with E-state index < -0.39 is 0 Å². The molecule has 2 atom stereocenters. The molecule has 6 aromatic rings. The minimum absolute atomic E-state index is 0. The van der Waals surface area contributed by atoms with E-state index in [0.29, 0.717) is 39.5 Å². The zero-order valence-electron chi connectivity index (χ0n) is 33.7. The summed E-state index contributed by atoms with van der Waals surface area (Å²) in [5.41, 5.74) is 4.58. The van der Waals surface area contributed by atoms with E-state index in [1.807, 2.05) is 45.5 Å². The van der Waals surface area contributed by atoms with Gasteiger partial charge >= 0.3 is 0 Å². The number of nitrogens with one attached hydrogen (secondary N) is 1. The molecule has 4 aliphatic heterocycles. The molecule has 1 N–H and O–H groups in total. The molecule has 2 saturated heterocycles. The highest BCUT2D eigenvalue weighted by Gasteiger charge is 2.40. The Kier molecular flexibility index (Phi) is 11.7. The lowest BCUT2D eigenvalue weighted by molar-refractivity contribution is 0.148. The van der Waals surface area contributed by atoms with Gasteiger partial charge in [0.15, 0.2) is 0 Å². The van der Waals surface area contributed by atoms with Gasteiger partial charge in [-0.25, -0.2) is 18.7 Å². The van der Waals surface area contributed by atoms with Gasteiger partial charge in [0.05, 0.1) is 21.8 Å². The van der Waals surface area contributed by atoms with Crippen molar-refractivity contribution in [3.05, 3.63) is 151 Å². The molecule has 4 aliphatic rings. The van der Waals surface area contributed by atoms with Crippen LogP contribution in [0, 0.1) is 35.3 Å². The quantitative estimate of drug-likeness (QED) is 0.160. The van der Waals surface area contributed by atoms with Gasteiger partial charge in [-0.2, -0.15) is 0 Å². The van der Waals surface area contributed by atoms with Crippen LogP contribution in [0.15, 0.2) is 94.5 Å². The first-order chi connectivity index (χ1) is 28.7. The first-order valence-corrected chi connectivity index (χ1v) is 20.7. The third-order valence-corrected chi connectivity index (χ3v) is 13.0. The molecule has 11 heteroatoms. The summed E-state index contributed by atoms with van der Waals surface area (Å²) < 4.78 is 30.4. The lowest BCUT2D eigenvalue weighted by Crippen LogP contribution is -2.41. The van der Waals surface area contributed by atoms with Crippen molar-refractivity contribution in [2.24, 2.45) is 0 Å². The molecular weight excluding hydrogens is 778 g/mol. The second-order valence-corrected chi connectivity index (χ2v) is 16.5. The molecule has 2 aromatic heterocycles. The van der Waals surface area contributed by atoms with Crippen LogP contribution in [0.1, 0.15) is 85.3 Å². The molecule has 0 aliphatic carbocycles. The summed E-state index contributed by atoms with van der Waals surface area (Å²) in [5.74, 6) is 13.2. The second kappa shape index (κ2) is 17.1. The summed E-state index contributed by atoms with van der Waals surface area (Å²) >= 11 is 0. The average molecular weight is 825 g/mol. The van der Waals surface area contributed by atoms with Crippen LogP contribution in [-0.4, -0.2) is 55.2 Å². The highest BCUT2D eigenvalue weighted by atomic mass is 35.5. The molecular formula is C49H47ClF2N6O2. The first-order valence-electron chi connectivity index (χ1n) is 20.7. The van der Waals surface area contributed by atoms with E-state index in [-0.39, 0.29) is 46.2 Å². The van der Waals surface area contributed by atoms with Gasteiger partial charge in [0.25, 0.3) is 11.1 Å². The van der Waals surface area contributed by atoms with Crippen molar-refractivity contribution >= 4 is 34.2 Å². The predicted octanol–water partition coefficient (Wildman–Crippen LogP) is 7.55. The Balaban J connectivity index is 0.000000164. The van der Waals surface area contributed by atoms with Gasteiger partial charge in [-0.15, -0.1) is 12.4 Å². The van der Waals surface area contributed by atoms with Gasteiger partial charge in [0, 0.05) is 59.3 Å². The maximum absolute atomic E-state index is 13.4.